The van der Waals surface area contributed by atoms with Crippen molar-refractivity contribution in [3.05, 3.63) is 12.7 Å². The first kappa shape index (κ1) is 39.4. The van der Waals surface area contributed by atoms with Crippen molar-refractivity contribution in [1.29, 1.82) is 0 Å². The van der Waals surface area contributed by atoms with Crippen molar-refractivity contribution in [2.45, 2.75) is 119 Å². The minimum Gasteiger partial charge on any atom is -0.346 e. The van der Waals surface area contributed by atoms with Gasteiger partial charge in [0.2, 0.25) is 29.4 Å². The van der Waals surface area contributed by atoms with Crippen LogP contribution in [0.4, 0.5) is 4.79 Å². The summed E-state index contributed by atoms with van der Waals surface area (Å²) >= 11 is 0. The highest BCUT2D eigenvalue weighted by molar-refractivity contribution is 6.38. The molecule has 7 amide bonds. The molecule has 264 valence electrons. The minimum absolute atomic E-state index is 0.0103. The lowest BCUT2D eigenvalue weighted by atomic mass is 9.85. The Kier molecular flexibility index (Phi) is 13.7. The fourth-order valence-corrected chi connectivity index (χ4v) is 5.77. The Bertz CT molecular complexity index is 1200. The van der Waals surface area contributed by atoms with Crippen molar-refractivity contribution in [2.24, 2.45) is 22.7 Å². The van der Waals surface area contributed by atoms with E-state index in [4.69, 9.17) is 0 Å². The molecule has 5 atom stereocenters. The van der Waals surface area contributed by atoms with Gasteiger partial charge in [-0.2, -0.15) is 0 Å². The number of nitrogens with one attached hydrogen (secondary N) is 4. The van der Waals surface area contributed by atoms with Crippen molar-refractivity contribution in [2.75, 3.05) is 19.6 Å². The fourth-order valence-electron chi connectivity index (χ4n) is 5.77. The predicted octanol–water partition coefficient (Wildman–Crippen LogP) is 2.29. The molecule has 0 aromatic heterocycles. The van der Waals surface area contributed by atoms with Gasteiger partial charge in [-0.25, -0.2) is 4.79 Å². The number of carbonyl (C=O) groups is 7. The number of ketones is 1. The van der Waals surface area contributed by atoms with Crippen molar-refractivity contribution in [1.82, 2.24) is 31.1 Å². The summed E-state index contributed by atoms with van der Waals surface area (Å²) in [5, 5.41) is 10.9. The average Bonchev–Trinajstić information content (AvgIpc) is 3.56. The normalized spacial score (nSPS) is 20.5. The van der Waals surface area contributed by atoms with Crippen LogP contribution in [0.5, 0.6) is 0 Å². The van der Waals surface area contributed by atoms with E-state index in [1.807, 2.05) is 62.3 Å². The number of likely N-dealkylation sites (tertiary alicyclic amines) is 2. The highest BCUT2D eigenvalue weighted by atomic mass is 16.2. The van der Waals surface area contributed by atoms with Crippen LogP contribution < -0.4 is 21.3 Å². The van der Waals surface area contributed by atoms with E-state index >= 15 is 0 Å². The van der Waals surface area contributed by atoms with Crippen LogP contribution in [-0.4, -0.2) is 95.0 Å². The second kappa shape index (κ2) is 16.4. The second-order valence-electron chi connectivity index (χ2n) is 15.2. The van der Waals surface area contributed by atoms with Crippen LogP contribution in [0.25, 0.3) is 0 Å². The molecule has 2 aliphatic rings. The molecule has 1 unspecified atom stereocenters. The number of hydrogen-bond acceptors (Lipinski definition) is 7. The van der Waals surface area contributed by atoms with Crippen molar-refractivity contribution in [3.63, 3.8) is 0 Å². The molecule has 0 aromatic rings. The maximum Gasteiger partial charge on any atom is 0.315 e. The standard InChI is InChI=1S/C34H56N6O7/c1-11-13-22(27(43)30(45)35-16-12-2)36-29(44)23-17-21(20(3)4)18-39(23)31(46)28(34(8,9)10)38-32(47)37-24(33(5,6)7)19-40-25(41)14-15-26(40)42/h12,20-24,28H,2,11,13-19H2,1,3-10H3,(H,35,45)(H,36,44)(H2,37,38,47)/t21-,22?,23+,24-,28-/m1/s1. The summed E-state index contributed by atoms with van der Waals surface area (Å²) in [6, 6.07) is -4.26. The van der Waals surface area contributed by atoms with E-state index in [0.29, 0.717) is 12.8 Å². The van der Waals surface area contributed by atoms with Gasteiger partial charge in [-0.3, -0.25) is 33.7 Å². The van der Waals surface area contributed by atoms with Gasteiger partial charge in [-0.15, -0.1) is 6.58 Å². The Morgan fingerprint density at radius 1 is 0.936 bits per heavy atom. The Hall–Kier alpha value is -3.77. The molecule has 0 aliphatic carbocycles. The van der Waals surface area contributed by atoms with Crippen LogP contribution in [0.2, 0.25) is 0 Å². The Balaban J connectivity index is 2.31. The maximum absolute atomic E-state index is 14.3. The first-order valence-corrected chi connectivity index (χ1v) is 16.7. The summed E-state index contributed by atoms with van der Waals surface area (Å²) in [7, 11) is 0. The number of hydrogen-bond donors (Lipinski definition) is 4. The molecule has 0 radical (unpaired) electrons. The maximum atomic E-state index is 14.3. The van der Waals surface area contributed by atoms with Crippen molar-refractivity contribution >= 4 is 41.4 Å². The molecular weight excluding hydrogens is 604 g/mol. The number of Topliss-reactive ketones (excluding diaryl/α,β-unsaturated/α-hetero) is 1. The number of urea groups is 1. The molecule has 13 heteroatoms. The Morgan fingerprint density at radius 3 is 2.02 bits per heavy atom. The molecule has 47 heavy (non-hydrogen) atoms. The smallest absolute Gasteiger partial charge is 0.315 e. The zero-order valence-corrected chi connectivity index (χ0v) is 29.7. The zero-order chi connectivity index (χ0) is 35.9. The molecule has 2 aliphatic heterocycles. The van der Waals surface area contributed by atoms with Gasteiger partial charge in [0.25, 0.3) is 5.91 Å². The van der Waals surface area contributed by atoms with E-state index in [1.165, 1.54) is 15.9 Å². The van der Waals surface area contributed by atoms with Crippen molar-refractivity contribution < 1.29 is 33.6 Å². The number of rotatable bonds is 14. The number of amides is 7. The topological polar surface area (TPSA) is 174 Å². The molecule has 2 rings (SSSR count). The molecular formula is C34H56N6O7. The van der Waals surface area contributed by atoms with Crippen LogP contribution in [0.3, 0.4) is 0 Å². The molecule has 2 fully saturated rings. The van der Waals surface area contributed by atoms with Gasteiger partial charge < -0.3 is 26.2 Å². The molecule has 0 bridgehead atoms. The molecule has 13 nitrogen and oxygen atoms in total. The number of imide groups is 1. The predicted molar refractivity (Wildman–Crippen MR) is 178 cm³/mol. The van der Waals surface area contributed by atoms with Crippen LogP contribution in [-0.2, 0) is 28.8 Å². The van der Waals surface area contributed by atoms with Crippen LogP contribution in [0, 0.1) is 22.7 Å². The van der Waals surface area contributed by atoms with Gasteiger partial charge >= 0.3 is 6.03 Å². The number of carbonyl (C=O) groups excluding carboxylic acids is 7. The average molecular weight is 661 g/mol. The summed E-state index contributed by atoms with van der Waals surface area (Å²) in [5.41, 5.74) is -1.30. The molecule has 0 aromatic carbocycles. The van der Waals surface area contributed by atoms with E-state index in [2.05, 4.69) is 27.8 Å². The summed E-state index contributed by atoms with van der Waals surface area (Å²) in [4.78, 5) is 94.1. The van der Waals surface area contributed by atoms with E-state index in [-0.39, 0.29) is 62.5 Å². The third-order valence-corrected chi connectivity index (χ3v) is 8.96. The fraction of sp³-hybridized carbons (Fsp3) is 0.735. The summed E-state index contributed by atoms with van der Waals surface area (Å²) in [5.74, 6) is -3.01. The highest BCUT2D eigenvalue weighted by Gasteiger charge is 2.46. The van der Waals surface area contributed by atoms with Crippen LogP contribution in [0.15, 0.2) is 12.7 Å². The first-order valence-electron chi connectivity index (χ1n) is 16.7. The monoisotopic (exact) mass is 660 g/mol. The molecule has 2 saturated heterocycles. The third kappa shape index (κ3) is 10.6. The largest absolute Gasteiger partial charge is 0.346 e. The lowest BCUT2D eigenvalue weighted by Gasteiger charge is -2.37. The van der Waals surface area contributed by atoms with Gasteiger partial charge in [0.1, 0.15) is 12.1 Å². The summed E-state index contributed by atoms with van der Waals surface area (Å²) in [6.07, 6.45) is 2.87. The molecule has 0 saturated carbocycles. The summed E-state index contributed by atoms with van der Waals surface area (Å²) < 4.78 is 0. The minimum atomic E-state index is -1.06. The lowest BCUT2D eigenvalue weighted by Crippen LogP contribution is -2.62. The van der Waals surface area contributed by atoms with Gasteiger partial charge in [0, 0.05) is 32.5 Å². The van der Waals surface area contributed by atoms with Gasteiger partial charge in [0.05, 0.1) is 12.1 Å². The summed E-state index contributed by atoms with van der Waals surface area (Å²) in [6.45, 7) is 20.9. The quantitative estimate of drug-likeness (QED) is 0.126. The van der Waals surface area contributed by atoms with E-state index < -0.39 is 64.5 Å². The molecule has 4 N–H and O–H groups in total. The van der Waals surface area contributed by atoms with Gasteiger partial charge in [0.15, 0.2) is 0 Å². The highest BCUT2D eigenvalue weighted by Crippen LogP contribution is 2.32. The molecule has 2 heterocycles. The zero-order valence-electron chi connectivity index (χ0n) is 29.7. The van der Waals surface area contributed by atoms with Crippen LogP contribution >= 0.6 is 0 Å². The molecule has 0 spiro atoms. The third-order valence-electron chi connectivity index (χ3n) is 8.96. The van der Waals surface area contributed by atoms with Crippen LogP contribution in [0.1, 0.15) is 94.4 Å². The van der Waals surface area contributed by atoms with E-state index in [9.17, 15) is 33.6 Å². The Morgan fingerprint density at radius 2 is 1.53 bits per heavy atom. The second-order valence-corrected chi connectivity index (χ2v) is 15.2. The van der Waals surface area contributed by atoms with Gasteiger partial charge in [-0.1, -0.05) is 74.8 Å². The lowest BCUT2D eigenvalue weighted by molar-refractivity contribution is -0.143. The van der Waals surface area contributed by atoms with Gasteiger partial charge in [-0.05, 0) is 35.5 Å². The van der Waals surface area contributed by atoms with E-state index in [1.54, 1.807) is 0 Å². The van der Waals surface area contributed by atoms with E-state index in [0.717, 1.165) is 0 Å². The number of nitrogens with zero attached hydrogens (tertiary/aromatic N) is 2. The van der Waals surface area contributed by atoms with Crippen molar-refractivity contribution in [3.8, 4) is 0 Å². The first-order chi connectivity index (χ1) is 21.7. The Labute approximate surface area is 279 Å². The SMILES string of the molecule is C=CCNC(=O)C(=O)C(CCC)NC(=O)[C@@H]1C[C@@H](C(C)C)CN1C(=O)[C@@H](NC(=O)N[C@H](CN1C(=O)CCC1=O)C(C)(C)C)C(C)(C)C.